The standard InChI is InChI=1S/C46H82N10/c1-3-11-37-35(9-1)41-39(55(37)33-25-29(43-47-15-5-16-48-43)23-30(26-33)44-49-17-6-18-50-44)13-14-40-42(41)36-10-2-4-12-38(36)56(40)34-27-31(45-51-19-7-20-52-45)24-32(28-34)46-53-21-8-22-54-46/h29-54H,1-28H2. The van der Waals surface area contributed by atoms with Crippen molar-refractivity contribution in [1.82, 2.24) is 52.3 Å². The van der Waals surface area contributed by atoms with E-state index in [1.807, 2.05) is 0 Å². The minimum absolute atomic E-state index is 0.501. The van der Waals surface area contributed by atoms with Crippen LogP contribution in [0.4, 0.5) is 0 Å². The zero-order valence-corrected chi connectivity index (χ0v) is 35.1. The van der Waals surface area contributed by atoms with Crippen molar-refractivity contribution < 1.29 is 0 Å². The number of nitrogens with one attached hydrogen (secondary N) is 8. The molecule has 5 saturated carbocycles. The summed E-state index contributed by atoms with van der Waals surface area (Å²) < 4.78 is 0. The quantitative estimate of drug-likeness (QED) is 0.204. The van der Waals surface area contributed by atoms with Gasteiger partial charge in [-0.3, -0.25) is 9.80 Å². The van der Waals surface area contributed by atoms with Gasteiger partial charge in [0.15, 0.2) is 0 Å². The molecule has 6 aliphatic heterocycles. The summed E-state index contributed by atoms with van der Waals surface area (Å²) in [7, 11) is 0. The van der Waals surface area contributed by atoms with E-state index in [2.05, 4.69) is 52.3 Å². The monoisotopic (exact) mass is 775 g/mol. The second-order valence-electron chi connectivity index (χ2n) is 21.5. The Balaban J connectivity index is 0.893. The highest BCUT2D eigenvalue weighted by molar-refractivity contribution is 5.17. The van der Waals surface area contributed by atoms with Gasteiger partial charge in [0.25, 0.3) is 0 Å². The van der Waals surface area contributed by atoms with Gasteiger partial charge in [-0.15, -0.1) is 0 Å². The number of hydrogen-bond donors (Lipinski definition) is 8. The molecule has 12 atom stereocenters. The molecule has 11 rings (SSSR count). The Hall–Kier alpha value is -0.400. The third-order valence-electron chi connectivity index (χ3n) is 18.7. The normalized spacial score (nSPS) is 48.2. The zero-order chi connectivity index (χ0) is 37.0. The topological polar surface area (TPSA) is 103 Å². The van der Waals surface area contributed by atoms with Crippen LogP contribution in [-0.2, 0) is 0 Å². The van der Waals surface area contributed by atoms with E-state index in [0.29, 0.717) is 24.7 Å². The summed E-state index contributed by atoms with van der Waals surface area (Å²) in [6, 6.07) is 4.83. The Kier molecular flexibility index (Phi) is 11.8. The van der Waals surface area contributed by atoms with Crippen LogP contribution in [0.15, 0.2) is 0 Å². The van der Waals surface area contributed by atoms with E-state index in [1.165, 1.54) is 181 Å². The molecule has 0 bridgehead atoms. The summed E-state index contributed by atoms with van der Waals surface area (Å²) in [5.74, 6) is 6.70. The second-order valence-corrected chi connectivity index (χ2v) is 21.5. The van der Waals surface area contributed by atoms with Gasteiger partial charge >= 0.3 is 0 Å². The van der Waals surface area contributed by atoms with Crippen molar-refractivity contribution >= 4 is 0 Å². The van der Waals surface area contributed by atoms with Crippen molar-refractivity contribution in [3.63, 3.8) is 0 Å². The Bertz CT molecular complexity index is 1130. The van der Waals surface area contributed by atoms with Crippen molar-refractivity contribution in [3.8, 4) is 0 Å². The summed E-state index contributed by atoms with van der Waals surface area (Å²) in [5, 5.41) is 31.9. The van der Waals surface area contributed by atoms with Crippen LogP contribution in [-0.4, -0.2) is 123 Å². The molecule has 0 spiro atoms. The van der Waals surface area contributed by atoms with Crippen LogP contribution in [0.1, 0.15) is 128 Å². The van der Waals surface area contributed by atoms with Crippen LogP contribution >= 0.6 is 0 Å². The molecule has 0 aromatic carbocycles. The number of likely N-dealkylation sites (tertiary alicyclic amines) is 2. The zero-order valence-electron chi connectivity index (χ0n) is 35.1. The first-order valence-corrected chi connectivity index (χ1v) is 25.2. The fourth-order valence-corrected chi connectivity index (χ4v) is 16.9. The molecule has 0 aromatic heterocycles. The molecular formula is C46H82N10. The SMILES string of the molecule is C1CNC(C2CC(C3NCCCN3)CC(N3C4CCCCC4C4C5C6CCCCC6N(C6CC(C7NCCCN7)CC(C7NCCCN7)C6)C5CCC43)C2)NC1. The molecule has 10 heteroatoms. The van der Waals surface area contributed by atoms with E-state index >= 15 is 0 Å². The molecular weight excluding hydrogens is 693 g/mol. The van der Waals surface area contributed by atoms with Crippen molar-refractivity contribution in [1.29, 1.82) is 0 Å². The molecule has 8 N–H and O–H groups in total. The fourth-order valence-electron chi connectivity index (χ4n) is 16.9. The fraction of sp³-hybridized carbons (Fsp3) is 1.00. The average molecular weight is 775 g/mol. The highest BCUT2D eigenvalue weighted by Gasteiger charge is 2.64. The number of hydrogen-bond acceptors (Lipinski definition) is 10. The summed E-state index contributed by atoms with van der Waals surface area (Å²) in [6.07, 6.45) is 30.3. The van der Waals surface area contributed by atoms with Gasteiger partial charge in [-0.05, 0) is 202 Å². The predicted molar refractivity (Wildman–Crippen MR) is 226 cm³/mol. The van der Waals surface area contributed by atoms with E-state index in [1.54, 1.807) is 0 Å². The van der Waals surface area contributed by atoms with Gasteiger partial charge in [0, 0.05) is 36.3 Å². The molecule has 12 unspecified atom stereocenters. The highest BCUT2D eigenvalue weighted by Crippen LogP contribution is 2.61. The molecule has 11 aliphatic rings. The molecule has 5 aliphatic carbocycles. The number of rotatable bonds is 6. The predicted octanol–water partition coefficient (Wildman–Crippen LogP) is 3.70. The Morgan fingerprint density at radius 1 is 0.286 bits per heavy atom. The first-order valence-electron chi connectivity index (χ1n) is 25.2. The van der Waals surface area contributed by atoms with Crippen LogP contribution in [0.2, 0.25) is 0 Å². The average Bonchev–Trinajstić information content (AvgIpc) is 3.80. The van der Waals surface area contributed by atoms with E-state index < -0.39 is 0 Å². The van der Waals surface area contributed by atoms with Gasteiger partial charge in [0.05, 0.1) is 24.7 Å². The van der Waals surface area contributed by atoms with Gasteiger partial charge in [0.2, 0.25) is 0 Å². The van der Waals surface area contributed by atoms with Gasteiger partial charge < -0.3 is 42.5 Å². The summed E-state index contributed by atoms with van der Waals surface area (Å²) in [6.45, 7) is 9.51. The molecule has 6 saturated heterocycles. The third kappa shape index (κ3) is 7.29. The molecule has 11 fully saturated rings. The van der Waals surface area contributed by atoms with Crippen LogP contribution in [0.25, 0.3) is 0 Å². The number of nitrogens with zero attached hydrogens (tertiary/aromatic N) is 2. The van der Waals surface area contributed by atoms with E-state index in [0.717, 1.165) is 83.6 Å². The summed E-state index contributed by atoms with van der Waals surface area (Å²) in [5.41, 5.74) is 0. The minimum Gasteiger partial charge on any atom is -0.302 e. The first-order chi connectivity index (χ1) is 27.8. The van der Waals surface area contributed by atoms with E-state index in [-0.39, 0.29) is 0 Å². The second kappa shape index (κ2) is 17.2. The summed E-state index contributed by atoms with van der Waals surface area (Å²) in [4.78, 5) is 6.73. The Morgan fingerprint density at radius 3 is 0.911 bits per heavy atom. The number of fused-ring (bicyclic) bond motifs is 7. The molecule has 0 radical (unpaired) electrons. The van der Waals surface area contributed by atoms with Crippen molar-refractivity contribution in [2.24, 2.45) is 47.3 Å². The lowest BCUT2D eigenvalue weighted by Crippen LogP contribution is -2.61. The smallest absolute Gasteiger partial charge is 0.0601 e. The van der Waals surface area contributed by atoms with Gasteiger partial charge in [-0.2, -0.15) is 0 Å². The van der Waals surface area contributed by atoms with Gasteiger partial charge in [-0.25, -0.2) is 0 Å². The molecule has 10 nitrogen and oxygen atoms in total. The maximum Gasteiger partial charge on any atom is 0.0601 e. The van der Waals surface area contributed by atoms with Crippen LogP contribution in [0.3, 0.4) is 0 Å². The lowest BCUT2D eigenvalue weighted by atomic mass is 9.61. The van der Waals surface area contributed by atoms with Crippen molar-refractivity contribution in [3.05, 3.63) is 0 Å². The van der Waals surface area contributed by atoms with Crippen LogP contribution in [0, 0.1) is 47.3 Å². The summed E-state index contributed by atoms with van der Waals surface area (Å²) >= 11 is 0. The van der Waals surface area contributed by atoms with Crippen molar-refractivity contribution in [2.75, 3.05) is 52.4 Å². The van der Waals surface area contributed by atoms with Crippen molar-refractivity contribution in [2.45, 2.75) is 189 Å². The molecule has 0 amide bonds. The van der Waals surface area contributed by atoms with Gasteiger partial charge in [-0.1, -0.05) is 25.7 Å². The third-order valence-corrected chi connectivity index (χ3v) is 18.7. The lowest BCUT2D eigenvalue weighted by Gasteiger charge is -2.51. The maximum absolute atomic E-state index is 3.99. The molecule has 316 valence electrons. The molecule has 56 heavy (non-hydrogen) atoms. The first kappa shape index (κ1) is 38.5. The lowest BCUT2D eigenvalue weighted by molar-refractivity contribution is -0.0144. The van der Waals surface area contributed by atoms with E-state index in [9.17, 15) is 0 Å². The highest BCUT2D eigenvalue weighted by atomic mass is 15.3. The molecule has 0 aromatic rings. The van der Waals surface area contributed by atoms with Gasteiger partial charge in [0.1, 0.15) is 0 Å². The molecule has 6 heterocycles. The van der Waals surface area contributed by atoms with Crippen LogP contribution in [0.5, 0.6) is 0 Å². The Labute approximate surface area is 340 Å². The van der Waals surface area contributed by atoms with E-state index in [4.69, 9.17) is 0 Å². The van der Waals surface area contributed by atoms with Crippen LogP contribution < -0.4 is 42.5 Å². The minimum atomic E-state index is 0.501. The Morgan fingerprint density at radius 2 is 0.589 bits per heavy atom. The largest absolute Gasteiger partial charge is 0.302 e. The maximum atomic E-state index is 3.99.